The van der Waals surface area contributed by atoms with E-state index in [1.165, 1.54) is 11.2 Å². The number of ether oxygens (including phenoxy) is 1. The van der Waals surface area contributed by atoms with Crippen LogP contribution in [0.15, 0.2) is 77.2 Å². The normalized spacial score (nSPS) is 18.0. The molecule has 1 aromatic carbocycles. The Balaban J connectivity index is 1.80. The van der Waals surface area contributed by atoms with Crippen LogP contribution in [0.1, 0.15) is 29.9 Å². The van der Waals surface area contributed by atoms with E-state index in [-0.39, 0.29) is 17.9 Å². The van der Waals surface area contributed by atoms with Gasteiger partial charge in [0.05, 0.1) is 31.0 Å². The van der Waals surface area contributed by atoms with Crippen LogP contribution in [0.4, 0.5) is 0 Å². The maximum Gasteiger partial charge on any atom is 0.296 e. The zero-order chi connectivity index (χ0) is 21.1. The van der Waals surface area contributed by atoms with Crippen LogP contribution < -0.4 is 4.74 Å². The monoisotopic (exact) mass is 404 g/mol. The van der Waals surface area contributed by atoms with E-state index < -0.39 is 17.7 Å². The molecule has 1 aliphatic heterocycles. The van der Waals surface area contributed by atoms with E-state index in [0.717, 1.165) is 0 Å². The zero-order valence-corrected chi connectivity index (χ0v) is 16.3. The zero-order valence-electron chi connectivity index (χ0n) is 16.3. The number of aliphatic hydroxyl groups excluding tert-OH is 1. The summed E-state index contributed by atoms with van der Waals surface area (Å²) in [7, 11) is 0. The standard InChI is InChI=1S/C23H20N2O5/c1-2-29-17-9-7-15(8-10-17)21(26)19-20(16-5-3-11-24-13-16)25(23(28)22(19)27)14-18-6-4-12-30-18/h3-13,20,26H,2,14H2,1H3/b21-19-. The molecule has 1 fully saturated rings. The lowest BCUT2D eigenvalue weighted by Gasteiger charge is -2.24. The minimum absolute atomic E-state index is 0.0173. The summed E-state index contributed by atoms with van der Waals surface area (Å²) in [6.45, 7) is 2.49. The highest BCUT2D eigenvalue weighted by molar-refractivity contribution is 6.46. The number of benzene rings is 1. The van der Waals surface area contributed by atoms with Gasteiger partial charge in [-0.15, -0.1) is 0 Å². The summed E-state index contributed by atoms with van der Waals surface area (Å²) in [6.07, 6.45) is 4.69. The molecule has 1 amide bonds. The van der Waals surface area contributed by atoms with Crippen molar-refractivity contribution in [3.8, 4) is 5.75 Å². The van der Waals surface area contributed by atoms with E-state index in [9.17, 15) is 14.7 Å². The molecule has 1 saturated heterocycles. The Labute approximate surface area is 173 Å². The number of pyridine rings is 1. The number of furan rings is 1. The van der Waals surface area contributed by atoms with E-state index in [1.54, 1.807) is 60.9 Å². The highest BCUT2D eigenvalue weighted by atomic mass is 16.5. The fourth-order valence-electron chi connectivity index (χ4n) is 3.53. The van der Waals surface area contributed by atoms with Gasteiger partial charge in [-0.3, -0.25) is 14.6 Å². The highest BCUT2D eigenvalue weighted by Gasteiger charge is 2.46. The molecule has 1 unspecified atom stereocenters. The Morgan fingerprint density at radius 3 is 2.60 bits per heavy atom. The van der Waals surface area contributed by atoms with E-state index >= 15 is 0 Å². The fraction of sp³-hybridized carbons (Fsp3) is 0.174. The predicted octanol–water partition coefficient (Wildman–Crippen LogP) is 3.70. The van der Waals surface area contributed by atoms with Crippen molar-refractivity contribution in [2.75, 3.05) is 6.61 Å². The van der Waals surface area contributed by atoms with Gasteiger partial charge >= 0.3 is 0 Å². The van der Waals surface area contributed by atoms with Gasteiger partial charge in [-0.25, -0.2) is 0 Å². The summed E-state index contributed by atoms with van der Waals surface area (Å²) < 4.78 is 10.8. The first-order valence-electron chi connectivity index (χ1n) is 9.54. The highest BCUT2D eigenvalue weighted by Crippen LogP contribution is 2.40. The summed E-state index contributed by atoms with van der Waals surface area (Å²) in [5.74, 6) is -0.510. The van der Waals surface area contributed by atoms with Crippen molar-refractivity contribution in [3.63, 3.8) is 0 Å². The number of aromatic nitrogens is 1. The van der Waals surface area contributed by atoms with Gasteiger partial charge in [0.2, 0.25) is 0 Å². The van der Waals surface area contributed by atoms with Crippen LogP contribution in [0.25, 0.3) is 5.76 Å². The number of hydrogen-bond acceptors (Lipinski definition) is 6. The maximum absolute atomic E-state index is 12.9. The number of aliphatic hydroxyl groups is 1. The first-order valence-corrected chi connectivity index (χ1v) is 9.54. The summed E-state index contributed by atoms with van der Waals surface area (Å²) in [4.78, 5) is 31.3. The number of likely N-dealkylation sites (tertiary alicyclic amines) is 1. The van der Waals surface area contributed by atoms with Crippen molar-refractivity contribution in [2.45, 2.75) is 19.5 Å². The molecular weight excluding hydrogens is 384 g/mol. The molecule has 152 valence electrons. The van der Waals surface area contributed by atoms with Gasteiger partial charge in [0, 0.05) is 18.0 Å². The van der Waals surface area contributed by atoms with Gasteiger partial charge in [-0.05, 0) is 55.0 Å². The van der Waals surface area contributed by atoms with Crippen LogP contribution in [0, 0.1) is 0 Å². The lowest BCUT2D eigenvalue weighted by atomic mass is 9.96. The molecule has 2 aromatic heterocycles. The lowest BCUT2D eigenvalue weighted by Crippen LogP contribution is -2.29. The van der Waals surface area contributed by atoms with E-state index in [4.69, 9.17) is 9.15 Å². The number of carbonyl (C=O) groups is 2. The third-order valence-electron chi connectivity index (χ3n) is 4.89. The number of carbonyl (C=O) groups excluding carboxylic acids is 2. The first kappa shape index (κ1) is 19.4. The number of Topliss-reactive ketones (excluding diaryl/α,β-unsaturated/α-hetero) is 1. The summed E-state index contributed by atoms with van der Waals surface area (Å²) in [5.41, 5.74) is 1.06. The molecule has 7 nitrogen and oxygen atoms in total. The van der Waals surface area contributed by atoms with E-state index in [0.29, 0.717) is 29.2 Å². The van der Waals surface area contributed by atoms with Gasteiger partial charge < -0.3 is 19.2 Å². The fourth-order valence-corrected chi connectivity index (χ4v) is 3.53. The predicted molar refractivity (Wildman–Crippen MR) is 108 cm³/mol. The second-order valence-corrected chi connectivity index (χ2v) is 6.75. The molecule has 1 atom stereocenters. The van der Waals surface area contributed by atoms with Crippen molar-refractivity contribution in [1.82, 2.24) is 9.88 Å². The molecule has 1 N–H and O–H groups in total. The third-order valence-corrected chi connectivity index (χ3v) is 4.89. The van der Waals surface area contributed by atoms with Crippen molar-refractivity contribution in [2.24, 2.45) is 0 Å². The largest absolute Gasteiger partial charge is 0.507 e. The molecule has 7 heteroatoms. The molecule has 0 radical (unpaired) electrons. The quantitative estimate of drug-likeness (QED) is 0.383. The van der Waals surface area contributed by atoms with Crippen LogP contribution >= 0.6 is 0 Å². The number of nitrogens with zero attached hydrogens (tertiary/aromatic N) is 2. The van der Waals surface area contributed by atoms with Gasteiger partial charge in [0.15, 0.2) is 0 Å². The summed E-state index contributed by atoms with van der Waals surface area (Å²) >= 11 is 0. The number of hydrogen-bond donors (Lipinski definition) is 1. The van der Waals surface area contributed by atoms with Crippen molar-refractivity contribution in [1.29, 1.82) is 0 Å². The summed E-state index contributed by atoms with van der Waals surface area (Å²) in [5, 5.41) is 11.0. The topological polar surface area (TPSA) is 92.9 Å². The second kappa shape index (κ2) is 8.24. The molecule has 0 aliphatic carbocycles. The minimum atomic E-state index is -0.782. The van der Waals surface area contributed by atoms with Gasteiger partial charge in [-0.2, -0.15) is 0 Å². The molecule has 30 heavy (non-hydrogen) atoms. The second-order valence-electron chi connectivity index (χ2n) is 6.75. The van der Waals surface area contributed by atoms with E-state index in [2.05, 4.69) is 4.98 Å². The van der Waals surface area contributed by atoms with Crippen molar-refractivity contribution < 1.29 is 23.8 Å². The Hall–Kier alpha value is -3.87. The Morgan fingerprint density at radius 2 is 1.97 bits per heavy atom. The minimum Gasteiger partial charge on any atom is -0.507 e. The molecule has 0 saturated carbocycles. The van der Waals surface area contributed by atoms with Gasteiger partial charge in [0.1, 0.15) is 17.3 Å². The molecule has 4 rings (SSSR count). The van der Waals surface area contributed by atoms with Crippen LogP contribution in [-0.2, 0) is 16.1 Å². The van der Waals surface area contributed by atoms with Crippen LogP contribution in [0.2, 0.25) is 0 Å². The number of ketones is 1. The Kier molecular flexibility index (Phi) is 5.34. The van der Waals surface area contributed by atoms with Crippen molar-refractivity contribution >= 4 is 17.4 Å². The number of amides is 1. The van der Waals surface area contributed by atoms with Crippen LogP contribution in [0.3, 0.4) is 0 Å². The third kappa shape index (κ3) is 3.57. The average molecular weight is 404 g/mol. The molecule has 1 aliphatic rings. The number of rotatable bonds is 6. The Bertz CT molecular complexity index is 1070. The maximum atomic E-state index is 12.9. The van der Waals surface area contributed by atoms with Gasteiger partial charge in [0.25, 0.3) is 11.7 Å². The van der Waals surface area contributed by atoms with Gasteiger partial charge in [-0.1, -0.05) is 6.07 Å². The van der Waals surface area contributed by atoms with Crippen LogP contribution in [0.5, 0.6) is 5.75 Å². The molecular formula is C23H20N2O5. The lowest BCUT2D eigenvalue weighted by molar-refractivity contribution is -0.140. The first-order chi connectivity index (χ1) is 14.6. The molecule has 3 aromatic rings. The molecule has 0 spiro atoms. The SMILES string of the molecule is CCOc1ccc(/C(O)=C2/C(=O)C(=O)N(Cc3ccco3)C2c2cccnc2)cc1. The summed E-state index contributed by atoms with van der Waals surface area (Å²) in [6, 6.07) is 12.9. The smallest absolute Gasteiger partial charge is 0.296 e. The molecule has 0 bridgehead atoms. The molecule has 3 heterocycles. The van der Waals surface area contributed by atoms with Crippen molar-refractivity contribution in [3.05, 3.63) is 89.6 Å². The average Bonchev–Trinajstić information content (AvgIpc) is 3.37. The Morgan fingerprint density at radius 1 is 1.17 bits per heavy atom. The van der Waals surface area contributed by atoms with Crippen LogP contribution in [-0.4, -0.2) is 33.3 Å². The van der Waals surface area contributed by atoms with E-state index in [1.807, 2.05) is 6.92 Å².